The van der Waals surface area contributed by atoms with E-state index in [-0.39, 0.29) is 6.04 Å². The van der Waals surface area contributed by atoms with Crippen LogP contribution >= 0.6 is 11.6 Å². The predicted molar refractivity (Wildman–Crippen MR) is 92.5 cm³/mol. The van der Waals surface area contributed by atoms with Crippen LogP contribution in [0, 0.1) is 6.92 Å². The predicted octanol–water partition coefficient (Wildman–Crippen LogP) is 2.38. The molecule has 0 N–H and O–H groups in total. The molecule has 0 aliphatic carbocycles. The molecule has 0 radical (unpaired) electrons. The molecule has 1 aromatic rings. The van der Waals surface area contributed by atoms with E-state index in [4.69, 9.17) is 16.3 Å². The molecule has 130 valence electrons. The lowest BCUT2D eigenvalue weighted by molar-refractivity contribution is 0.0573. The molecule has 2 rings (SSSR count). The van der Waals surface area contributed by atoms with Crippen LogP contribution in [-0.2, 0) is 14.8 Å². The zero-order chi connectivity index (χ0) is 17.0. The van der Waals surface area contributed by atoms with Gasteiger partial charge < -0.3 is 9.64 Å². The molecule has 7 heteroatoms. The van der Waals surface area contributed by atoms with Crippen LogP contribution in [0.1, 0.15) is 18.4 Å². The lowest BCUT2D eigenvalue weighted by Gasteiger charge is -2.34. The molecule has 1 aliphatic rings. The maximum atomic E-state index is 13.2. The van der Waals surface area contributed by atoms with Crippen LogP contribution in [0.3, 0.4) is 0 Å². The van der Waals surface area contributed by atoms with Gasteiger partial charge in [-0.05, 0) is 51.6 Å². The highest BCUT2D eigenvalue weighted by molar-refractivity contribution is 7.89. The van der Waals surface area contributed by atoms with Crippen LogP contribution in [0.4, 0.5) is 0 Å². The van der Waals surface area contributed by atoms with Crippen molar-refractivity contribution in [2.45, 2.75) is 30.7 Å². The van der Waals surface area contributed by atoms with Gasteiger partial charge in [-0.3, -0.25) is 0 Å². The normalized spacial score (nSPS) is 17.1. The number of hydrogen-bond donors (Lipinski definition) is 0. The summed E-state index contributed by atoms with van der Waals surface area (Å²) in [6, 6.07) is 5.00. The quantitative estimate of drug-likeness (QED) is 0.781. The number of ether oxygens (including phenoxy) is 1. The summed E-state index contributed by atoms with van der Waals surface area (Å²) in [5.74, 6) is 0. The van der Waals surface area contributed by atoms with Crippen molar-refractivity contribution in [1.29, 1.82) is 0 Å². The summed E-state index contributed by atoms with van der Waals surface area (Å²) in [6.07, 6.45) is 1.46. The van der Waals surface area contributed by atoms with Gasteiger partial charge in [-0.25, -0.2) is 8.42 Å². The van der Waals surface area contributed by atoms with Gasteiger partial charge in [0, 0.05) is 37.4 Å². The second kappa shape index (κ2) is 7.94. The first-order valence-electron chi connectivity index (χ1n) is 7.83. The summed E-state index contributed by atoms with van der Waals surface area (Å²) in [6.45, 7) is 4.15. The summed E-state index contributed by atoms with van der Waals surface area (Å²) < 4.78 is 33.5. The van der Waals surface area contributed by atoms with Gasteiger partial charge in [0.05, 0.1) is 4.90 Å². The molecule has 1 aromatic carbocycles. The van der Waals surface area contributed by atoms with Gasteiger partial charge in [0.1, 0.15) is 0 Å². The summed E-state index contributed by atoms with van der Waals surface area (Å²) in [5, 5.41) is 0.439. The molecule has 0 spiro atoms. The van der Waals surface area contributed by atoms with Crippen molar-refractivity contribution in [2.75, 3.05) is 40.4 Å². The van der Waals surface area contributed by atoms with Crippen molar-refractivity contribution in [2.24, 2.45) is 0 Å². The zero-order valence-electron chi connectivity index (χ0n) is 14.0. The van der Waals surface area contributed by atoms with Crippen molar-refractivity contribution in [3.63, 3.8) is 0 Å². The van der Waals surface area contributed by atoms with Crippen LogP contribution in [-0.4, -0.2) is 64.1 Å². The maximum Gasteiger partial charge on any atom is 0.243 e. The Morgan fingerprint density at radius 1 is 1.22 bits per heavy atom. The van der Waals surface area contributed by atoms with Gasteiger partial charge in [0.2, 0.25) is 10.0 Å². The van der Waals surface area contributed by atoms with Crippen LogP contribution < -0.4 is 0 Å². The number of nitrogens with zero attached hydrogens (tertiary/aromatic N) is 2. The van der Waals surface area contributed by atoms with Gasteiger partial charge in [-0.15, -0.1) is 0 Å². The molecule has 0 bridgehead atoms. The van der Waals surface area contributed by atoms with Crippen LogP contribution in [0.2, 0.25) is 5.02 Å². The molecule has 1 aliphatic heterocycles. The molecule has 0 atom stereocenters. The second-order valence-electron chi connectivity index (χ2n) is 6.17. The highest BCUT2D eigenvalue weighted by Crippen LogP contribution is 2.27. The third-order valence-corrected chi connectivity index (χ3v) is 6.43. The molecule has 1 fully saturated rings. The number of aryl methyl sites for hydroxylation is 1. The van der Waals surface area contributed by atoms with Gasteiger partial charge >= 0.3 is 0 Å². The largest absolute Gasteiger partial charge is 0.381 e. The van der Waals surface area contributed by atoms with Crippen molar-refractivity contribution >= 4 is 21.6 Å². The van der Waals surface area contributed by atoms with E-state index in [1.54, 1.807) is 29.4 Å². The molecular formula is C16H25ClN2O3S. The molecule has 23 heavy (non-hydrogen) atoms. The summed E-state index contributed by atoms with van der Waals surface area (Å²) in [5.41, 5.74) is 0.719. The highest BCUT2D eigenvalue weighted by Gasteiger charge is 2.33. The van der Waals surface area contributed by atoms with Crippen molar-refractivity contribution in [3.05, 3.63) is 28.8 Å². The molecule has 0 saturated carbocycles. The van der Waals surface area contributed by atoms with Crippen molar-refractivity contribution in [3.8, 4) is 0 Å². The average molecular weight is 361 g/mol. The monoisotopic (exact) mass is 360 g/mol. The lowest BCUT2D eigenvalue weighted by atomic mass is 10.1. The number of hydrogen-bond acceptors (Lipinski definition) is 4. The topological polar surface area (TPSA) is 49.9 Å². The minimum atomic E-state index is -3.58. The minimum absolute atomic E-state index is 0.0212. The molecule has 0 amide bonds. The highest BCUT2D eigenvalue weighted by atomic mass is 35.5. The fourth-order valence-electron chi connectivity index (χ4n) is 2.75. The fraction of sp³-hybridized carbons (Fsp3) is 0.625. The Morgan fingerprint density at radius 2 is 1.87 bits per heavy atom. The Balaban J connectivity index is 2.36. The zero-order valence-corrected chi connectivity index (χ0v) is 15.5. The lowest BCUT2D eigenvalue weighted by Crippen LogP contribution is -2.46. The number of sulfonamides is 1. The second-order valence-corrected chi connectivity index (χ2v) is 8.47. The van der Waals surface area contributed by atoms with Gasteiger partial charge in [0.25, 0.3) is 0 Å². The number of halogens is 1. The van der Waals surface area contributed by atoms with Gasteiger partial charge in [0.15, 0.2) is 0 Å². The first-order valence-corrected chi connectivity index (χ1v) is 9.64. The van der Waals surface area contributed by atoms with E-state index >= 15 is 0 Å². The Kier molecular flexibility index (Phi) is 6.45. The molecule has 1 heterocycles. The van der Waals surface area contributed by atoms with Crippen molar-refractivity contribution in [1.82, 2.24) is 9.21 Å². The first-order chi connectivity index (χ1) is 10.8. The molecule has 5 nitrogen and oxygen atoms in total. The van der Waals surface area contributed by atoms with Crippen LogP contribution in [0.15, 0.2) is 23.1 Å². The van der Waals surface area contributed by atoms with E-state index < -0.39 is 10.0 Å². The Morgan fingerprint density at radius 3 is 2.48 bits per heavy atom. The number of rotatable bonds is 6. The average Bonchev–Trinajstić information content (AvgIpc) is 2.50. The minimum Gasteiger partial charge on any atom is -0.381 e. The van der Waals surface area contributed by atoms with E-state index in [1.165, 1.54) is 0 Å². The molecule has 0 aromatic heterocycles. The smallest absolute Gasteiger partial charge is 0.243 e. The van der Waals surface area contributed by atoms with Crippen LogP contribution in [0.5, 0.6) is 0 Å². The summed E-state index contributed by atoms with van der Waals surface area (Å²) >= 11 is 6.03. The van der Waals surface area contributed by atoms with E-state index in [0.717, 1.165) is 18.4 Å². The van der Waals surface area contributed by atoms with E-state index in [9.17, 15) is 8.42 Å². The van der Waals surface area contributed by atoms with Crippen molar-refractivity contribution < 1.29 is 13.2 Å². The van der Waals surface area contributed by atoms with E-state index in [0.29, 0.717) is 36.2 Å². The van der Waals surface area contributed by atoms with Crippen LogP contribution in [0.25, 0.3) is 0 Å². The van der Waals surface area contributed by atoms with E-state index in [1.807, 2.05) is 19.0 Å². The molecular weight excluding hydrogens is 336 g/mol. The summed E-state index contributed by atoms with van der Waals surface area (Å²) in [4.78, 5) is 2.29. The summed E-state index contributed by atoms with van der Waals surface area (Å²) in [7, 11) is 0.305. The molecule has 0 unspecified atom stereocenters. The van der Waals surface area contributed by atoms with Gasteiger partial charge in [-0.2, -0.15) is 4.31 Å². The standard InChI is InChI=1S/C16H25ClN2O3S/c1-13-4-5-14(17)12-16(13)23(20,21)19(9-8-18(2)3)15-6-10-22-11-7-15/h4-5,12,15H,6-11H2,1-3H3. The Labute approximate surface area is 144 Å². The SMILES string of the molecule is Cc1ccc(Cl)cc1S(=O)(=O)N(CCN(C)C)C1CCOCC1. The first kappa shape index (κ1) is 18.7. The van der Waals surface area contributed by atoms with E-state index in [2.05, 4.69) is 0 Å². The Hall–Kier alpha value is -0.660. The van der Waals surface area contributed by atoms with Gasteiger partial charge in [-0.1, -0.05) is 17.7 Å². The Bertz CT molecular complexity index is 628. The number of likely N-dealkylation sites (N-methyl/N-ethyl adjacent to an activating group) is 1. The fourth-order valence-corrected chi connectivity index (χ4v) is 4.91. The third kappa shape index (κ3) is 4.67. The third-order valence-electron chi connectivity index (χ3n) is 4.10. The number of benzene rings is 1. The maximum absolute atomic E-state index is 13.2. The molecule has 1 saturated heterocycles.